The van der Waals surface area contributed by atoms with E-state index in [-0.39, 0.29) is 24.2 Å². The van der Waals surface area contributed by atoms with E-state index in [1.165, 1.54) is 122 Å². The molecule has 5 heteroatoms. The largest absolute Gasteiger partial charge is 0.393 e. The van der Waals surface area contributed by atoms with Gasteiger partial charge in [-0.1, -0.05) is 168 Å². The van der Waals surface area contributed by atoms with Crippen molar-refractivity contribution >= 4 is 11.7 Å². The molecule has 48 heavy (non-hydrogen) atoms. The first kappa shape index (κ1) is 45.1. The van der Waals surface area contributed by atoms with Crippen LogP contribution >= 0.6 is 0 Å². The predicted octanol–water partition coefficient (Wildman–Crippen LogP) is 12.1. The van der Waals surface area contributed by atoms with Gasteiger partial charge in [0.05, 0.1) is 12.2 Å². The van der Waals surface area contributed by atoms with Crippen LogP contribution in [0.2, 0.25) is 0 Å². The molecule has 3 N–H and O–H groups in total. The zero-order valence-corrected chi connectivity index (χ0v) is 32.3. The minimum Gasteiger partial charge on any atom is -0.393 e. The number of nitrogens with one attached hydrogen (secondary N) is 1. The highest BCUT2D eigenvalue weighted by atomic mass is 16.3. The Bertz CT molecular complexity index is 668. The number of ketones is 1. The lowest BCUT2D eigenvalue weighted by molar-refractivity contribution is -0.124. The van der Waals surface area contributed by atoms with Crippen molar-refractivity contribution in [3.63, 3.8) is 0 Å². The zero-order valence-electron chi connectivity index (χ0n) is 32.3. The first-order chi connectivity index (χ1) is 23.5. The van der Waals surface area contributed by atoms with Crippen molar-refractivity contribution in [1.82, 2.24) is 5.32 Å². The Labute approximate surface area is 299 Å². The van der Waals surface area contributed by atoms with Gasteiger partial charge >= 0.3 is 0 Å². The van der Waals surface area contributed by atoms with Crippen molar-refractivity contribution in [2.45, 2.75) is 257 Å². The maximum absolute atomic E-state index is 12.8. The van der Waals surface area contributed by atoms with Gasteiger partial charge in [-0.25, -0.2) is 0 Å². The summed E-state index contributed by atoms with van der Waals surface area (Å²) in [4.78, 5) is 25.5. The maximum Gasteiger partial charge on any atom is 0.220 e. The smallest absolute Gasteiger partial charge is 0.220 e. The molecule has 0 radical (unpaired) electrons. The topological polar surface area (TPSA) is 86.6 Å². The van der Waals surface area contributed by atoms with E-state index in [2.05, 4.69) is 19.2 Å². The molecule has 0 spiro atoms. The van der Waals surface area contributed by atoms with Gasteiger partial charge in [0, 0.05) is 25.3 Å². The minimum atomic E-state index is -0.0970. The van der Waals surface area contributed by atoms with Gasteiger partial charge in [0.1, 0.15) is 5.78 Å². The standard InChI is InChI=1S/C43H83NO4/c1-3-5-7-21-30-39(45)32-23-17-13-9-10-15-19-25-34-41(47)37-38-29-27-28-35-42(38)44-43(48)36-26-20-16-12-11-14-18-24-33-40(46)31-22-8-6-4-2/h38-40,42,45-46H,3-37H2,1-2H3,(H,44,48)/t38-,39?,40?,42+/m1/s1. The fourth-order valence-corrected chi connectivity index (χ4v) is 7.71. The second-order valence-corrected chi connectivity index (χ2v) is 15.7. The van der Waals surface area contributed by atoms with Gasteiger partial charge in [-0.05, 0) is 57.3 Å². The average Bonchev–Trinajstić information content (AvgIpc) is 3.07. The van der Waals surface area contributed by atoms with Crippen LogP contribution in [0.3, 0.4) is 0 Å². The molecule has 284 valence electrons. The van der Waals surface area contributed by atoms with Crippen LogP contribution in [-0.4, -0.2) is 40.2 Å². The lowest BCUT2D eigenvalue weighted by atomic mass is 9.80. The molecule has 1 saturated carbocycles. The molecule has 1 aliphatic carbocycles. The summed E-state index contributed by atoms with van der Waals surface area (Å²) < 4.78 is 0. The Morgan fingerprint density at radius 2 is 0.896 bits per heavy atom. The van der Waals surface area contributed by atoms with Gasteiger partial charge in [0.25, 0.3) is 0 Å². The number of amides is 1. The summed E-state index contributed by atoms with van der Waals surface area (Å²) in [6.45, 7) is 4.45. The number of aliphatic hydroxyl groups is 2. The molecule has 5 nitrogen and oxygen atoms in total. The Balaban J connectivity index is 2.00. The van der Waals surface area contributed by atoms with E-state index in [4.69, 9.17) is 0 Å². The number of rotatable bonds is 35. The lowest BCUT2D eigenvalue weighted by Gasteiger charge is -2.32. The Morgan fingerprint density at radius 3 is 1.35 bits per heavy atom. The van der Waals surface area contributed by atoms with Crippen LogP contribution in [0.25, 0.3) is 0 Å². The molecule has 1 aliphatic rings. The molecule has 0 aromatic rings. The van der Waals surface area contributed by atoms with Crippen LogP contribution in [0, 0.1) is 5.92 Å². The van der Waals surface area contributed by atoms with Gasteiger partial charge in [-0.15, -0.1) is 0 Å². The summed E-state index contributed by atoms with van der Waals surface area (Å²) in [6, 6.07) is 0.187. The fourth-order valence-electron chi connectivity index (χ4n) is 7.71. The molecule has 4 atom stereocenters. The highest BCUT2D eigenvalue weighted by molar-refractivity contribution is 5.79. The molecule has 0 saturated heterocycles. The van der Waals surface area contributed by atoms with E-state index in [0.717, 1.165) is 83.5 Å². The molecule has 1 amide bonds. The van der Waals surface area contributed by atoms with E-state index in [9.17, 15) is 19.8 Å². The van der Waals surface area contributed by atoms with Crippen molar-refractivity contribution in [2.24, 2.45) is 5.92 Å². The second-order valence-electron chi connectivity index (χ2n) is 15.7. The molecule has 0 bridgehead atoms. The zero-order chi connectivity index (χ0) is 34.9. The number of unbranched alkanes of at least 4 members (excludes halogenated alkanes) is 20. The predicted molar refractivity (Wildman–Crippen MR) is 205 cm³/mol. The Hall–Kier alpha value is -0.940. The normalized spacial score (nSPS) is 17.8. The number of hydrogen-bond donors (Lipinski definition) is 3. The number of hydrogen-bond acceptors (Lipinski definition) is 4. The van der Waals surface area contributed by atoms with Crippen molar-refractivity contribution in [3.8, 4) is 0 Å². The highest BCUT2D eigenvalue weighted by Gasteiger charge is 2.28. The van der Waals surface area contributed by atoms with Gasteiger partial charge in [0.15, 0.2) is 0 Å². The summed E-state index contributed by atoms with van der Waals surface area (Å²) in [5.74, 6) is 0.909. The molecule has 0 heterocycles. The molecule has 2 unspecified atom stereocenters. The fraction of sp³-hybridized carbons (Fsp3) is 0.953. The van der Waals surface area contributed by atoms with Crippen LogP contribution in [-0.2, 0) is 9.59 Å². The van der Waals surface area contributed by atoms with Crippen LogP contribution in [0.5, 0.6) is 0 Å². The summed E-state index contributed by atoms with van der Waals surface area (Å²) in [5.41, 5.74) is 0. The number of carbonyl (C=O) groups is 2. The average molecular weight is 678 g/mol. The van der Waals surface area contributed by atoms with E-state index >= 15 is 0 Å². The summed E-state index contributed by atoms with van der Waals surface area (Å²) in [6.07, 6.45) is 39.1. The molecule has 1 fully saturated rings. The first-order valence-electron chi connectivity index (χ1n) is 21.6. The van der Waals surface area contributed by atoms with Crippen LogP contribution in [0.1, 0.15) is 239 Å². The van der Waals surface area contributed by atoms with Crippen molar-refractivity contribution in [3.05, 3.63) is 0 Å². The highest BCUT2D eigenvalue weighted by Crippen LogP contribution is 2.28. The molecule has 0 aromatic carbocycles. The molecular formula is C43H83NO4. The summed E-state index contributed by atoms with van der Waals surface area (Å²) >= 11 is 0. The van der Waals surface area contributed by atoms with E-state index < -0.39 is 0 Å². The first-order valence-corrected chi connectivity index (χ1v) is 21.6. The van der Waals surface area contributed by atoms with E-state index in [1.807, 2.05) is 0 Å². The van der Waals surface area contributed by atoms with Gasteiger partial charge in [0.2, 0.25) is 5.91 Å². The van der Waals surface area contributed by atoms with Crippen LogP contribution in [0.4, 0.5) is 0 Å². The van der Waals surface area contributed by atoms with Gasteiger partial charge in [-0.2, -0.15) is 0 Å². The quantitative estimate of drug-likeness (QED) is 0.0583. The van der Waals surface area contributed by atoms with Crippen LogP contribution in [0.15, 0.2) is 0 Å². The summed E-state index contributed by atoms with van der Waals surface area (Å²) in [7, 11) is 0. The number of carbonyl (C=O) groups excluding carboxylic acids is 2. The SMILES string of the molecule is CCCCCCC(O)CCCCCCCCCCC(=O)C[C@H]1CCCC[C@@H]1NC(=O)CCCCCCCCCCC(O)CCCCCC. The second kappa shape index (κ2) is 33.2. The Morgan fingerprint density at radius 1 is 0.521 bits per heavy atom. The van der Waals surface area contributed by atoms with Gasteiger partial charge in [-0.3, -0.25) is 9.59 Å². The van der Waals surface area contributed by atoms with Gasteiger partial charge < -0.3 is 15.5 Å². The number of aliphatic hydroxyl groups excluding tert-OH is 2. The molecule has 1 rings (SSSR count). The summed E-state index contributed by atoms with van der Waals surface area (Å²) in [5, 5.41) is 23.5. The van der Waals surface area contributed by atoms with Crippen molar-refractivity contribution in [2.75, 3.05) is 0 Å². The van der Waals surface area contributed by atoms with E-state index in [0.29, 0.717) is 31.0 Å². The molecule has 0 aromatic heterocycles. The van der Waals surface area contributed by atoms with Crippen molar-refractivity contribution < 1.29 is 19.8 Å². The van der Waals surface area contributed by atoms with Crippen LogP contribution < -0.4 is 5.32 Å². The van der Waals surface area contributed by atoms with Crippen molar-refractivity contribution in [1.29, 1.82) is 0 Å². The monoisotopic (exact) mass is 678 g/mol. The minimum absolute atomic E-state index is 0.0950. The third kappa shape index (κ3) is 27.8. The molecule has 0 aliphatic heterocycles. The van der Waals surface area contributed by atoms with E-state index in [1.54, 1.807) is 0 Å². The third-order valence-electron chi connectivity index (χ3n) is 11.0. The maximum atomic E-state index is 12.8. The molecular weight excluding hydrogens is 594 g/mol. The lowest BCUT2D eigenvalue weighted by Crippen LogP contribution is -2.42. The third-order valence-corrected chi connectivity index (χ3v) is 11.0. The Kier molecular flexibility index (Phi) is 31.2. The number of Topliss-reactive ketones (excluding diaryl/α,β-unsaturated/α-hetero) is 1.